The number of rotatable bonds is 3. The van der Waals surface area contributed by atoms with Gasteiger partial charge < -0.3 is 20.3 Å². The normalized spacial score (nSPS) is 32.1. The molecule has 0 aromatic carbocycles. The third-order valence-corrected chi connectivity index (χ3v) is 5.07. The van der Waals surface area contributed by atoms with Gasteiger partial charge >= 0.3 is 6.03 Å². The molecule has 2 saturated heterocycles. The van der Waals surface area contributed by atoms with Crippen LogP contribution < -0.4 is 10.6 Å². The van der Waals surface area contributed by atoms with Gasteiger partial charge in [0.05, 0.1) is 19.3 Å². The first kappa shape index (κ1) is 14.6. The van der Waals surface area contributed by atoms with Crippen LogP contribution in [0.25, 0.3) is 0 Å². The fraction of sp³-hybridized carbons (Fsp3) is 0.867. The van der Waals surface area contributed by atoms with E-state index in [0.29, 0.717) is 25.7 Å². The van der Waals surface area contributed by atoms with Crippen LogP contribution in [0.15, 0.2) is 0 Å². The van der Waals surface area contributed by atoms with Gasteiger partial charge in [-0.1, -0.05) is 13.8 Å². The van der Waals surface area contributed by atoms with Crippen molar-refractivity contribution in [3.8, 4) is 0 Å². The highest BCUT2D eigenvalue weighted by Crippen LogP contribution is 2.29. The van der Waals surface area contributed by atoms with Crippen molar-refractivity contribution in [2.24, 2.45) is 5.41 Å². The first-order valence-electron chi connectivity index (χ1n) is 7.92. The van der Waals surface area contributed by atoms with E-state index in [1.807, 2.05) is 4.90 Å². The van der Waals surface area contributed by atoms with Gasteiger partial charge in [0, 0.05) is 18.0 Å². The van der Waals surface area contributed by atoms with Crippen molar-refractivity contribution in [2.75, 3.05) is 19.8 Å². The largest absolute Gasteiger partial charge is 0.379 e. The second kappa shape index (κ2) is 5.48. The molecule has 3 fully saturated rings. The second-order valence-electron chi connectivity index (χ2n) is 7.13. The lowest BCUT2D eigenvalue weighted by Crippen LogP contribution is -2.53. The molecule has 1 saturated carbocycles. The number of nitrogens with zero attached hydrogens (tertiary/aromatic N) is 1. The van der Waals surface area contributed by atoms with E-state index in [4.69, 9.17) is 4.74 Å². The summed E-state index contributed by atoms with van der Waals surface area (Å²) in [6.45, 7) is 6.10. The number of ether oxygens (including phenoxy) is 1. The lowest BCUT2D eigenvalue weighted by Gasteiger charge is -2.34. The van der Waals surface area contributed by atoms with Gasteiger partial charge in [0.25, 0.3) is 0 Å². The molecule has 6 heteroatoms. The molecule has 0 radical (unpaired) electrons. The Balaban J connectivity index is 1.50. The highest BCUT2D eigenvalue weighted by molar-refractivity contribution is 5.89. The summed E-state index contributed by atoms with van der Waals surface area (Å²) >= 11 is 0. The molecular weight excluding hydrogens is 270 g/mol. The molecule has 0 aromatic rings. The number of nitrogens with one attached hydrogen (secondary N) is 2. The van der Waals surface area contributed by atoms with Crippen molar-refractivity contribution in [1.82, 2.24) is 15.5 Å². The molecule has 21 heavy (non-hydrogen) atoms. The highest BCUT2D eigenvalue weighted by atomic mass is 16.5. The van der Waals surface area contributed by atoms with Gasteiger partial charge in [-0.15, -0.1) is 0 Å². The molecule has 3 rings (SSSR count). The van der Waals surface area contributed by atoms with Gasteiger partial charge in [0.15, 0.2) is 0 Å². The topological polar surface area (TPSA) is 70.7 Å². The summed E-state index contributed by atoms with van der Waals surface area (Å²) in [5.74, 6) is 0.0804. The third-order valence-electron chi connectivity index (χ3n) is 5.07. The number of amides is 3. The summed E-state index contributed by atoms with van der Waals surface area (Å²) in [6, 6.07) is -0.213. The van der Waals surface area contributed by atoms with Crippen molar-refractivity contribution in [1.29, 1.82) is 0 Å². The summed E-state index contributed by atoms with van der Waals surface area (Å²) in [5.41, 5.74) is -0.0605. The Kier molecular flexibility index (Phi) is 3.82. The first-order valence-corrected chi connectivity index (χ1v) is 7.92. The molecule has 0 aromatic heterocycles. The van der Waals surface area contributed by atoms with Crippen molar-refractivity contribution in [3.63, 3.8) is 0 Å². The van der Waals surface area contributed by atoms with Crippen molar-refractivity contribution in [2.45, 2.75) is 57.7 Å². The minimum atomic E-state index is -0.365. The maximum Gasteiger partial charge on any atom is 0.315 e. The van der Waals surface area contributed by atoms with Crippen molar-refractivity contribution in [3.05, 3.63) is 0 Å². The van der Waals surface area contributed by atoms with Crippen LogP contribution in [0.1, 0.15) is 39.5 Å². The predicted molar refractivity (Wildman–Crippen MR) is 77.8 cm³/mol. The molecule has 0 bridgehead atoms. The molecule has 118 valence electrons. The average Bonchev–Trinajstić information content (AvgIpc) is 2.84. The zero-order valence-corrected chi connectivity index (χ0v) is 12.9. The van der Waals surface area contributed by atoms with Gasteiger partial charge in [-0.3, -0.25) is 4.79 Å². The van der Waals surface area contributed by atoms with Crippen LogP contribution in [-0.4, -0.2) is 54.7 Å². The monoisotopic (exact) mass is 295 g/mol. The Hall–Kier alpha value is -1.30. The van der Waals surface area contributed by atoms with E-state index in [0.717, 1.165) is 19.4 Å². The Morgan fingerprint density at radius 1 is 1.29 bits per heavy atom. The SMILES string of the molecule is CC1(C)COCC1NC(=O)NC1CCN(C2CCC2)C1=O. The van der Waals surface area contributed by atoms with Crippen LogP contribution in [0.5, 0.6) is 0 Å². The summed E-state index contributed by atoms with van der Waals surface area (Å²) < 4.78 is 5.42. The fourth-order valence-electron chi connectivity index (χ4n) is 3.26. The van der Waals surface area contributed by atoms with Crippen molar-refractivity contribution >= 4 is 11.9 Å². The molecule has 1 aliphatic carbocycles. The van der Waals surface area contributed by atoms with Crippen LogP contribution in [0, 0.1) is 5.41 Å². The van der Waals surface area contributed by atoms with E-state index in [9.17, 15) is 9.59 Å². The maximum atomic E-state index is 12.3. The number of carbonyl (C=O) groups is 2. The molecule has 2 aliphatic heterocycles. The summed E-state index contributed by atoms with van der Waals surface area (Å²) in [7, 11) is 0. The van der Waals surface area contributed by atoms with Gasteiger partial charge in [0.2, 0.25) is 5.91 Å². The van der Waals surface area contributed by atoms with Crippen LogP contribution in [0.3, 0.4) is 0 Å². The summed E-state index contributed by atoms with van der Waals surface area (Å²) in [5, 5.41) is 5.77. The number of carbonyl (C=O) groups excluding carboxylic acids is 2. The van der Waals surface area contributed by atoms with Gasteiger partial charge in [-0.05, 0) is 25.7 Å². The molecule has 3 aliphatic rings. The maximum absolute atomic E-state index is 12.3. The second-order valence-corrected chi connectivity index (χ2v) is 7.13. The Bertz CT molecular complexity index is 434. The predicted octanol–water partition coefficient (Wildman–Crippen LogP) is 0.864. The number of hydrogen-bond donors (Lipinski definition) is 2. The van der Waals surface area contributed by atoms with Gasteiger partial charge in [-0.2, -0.15) is 0 Å². The molecule has 2 N–H and O–H groups in total. The molecule has 2 atom stereocenters. The quantitative estimate of drug-likeness (QED) is 0.811. The average molecular weight is 295 g/mol. The lowest BCUT2D eigenvalue weighted by atomic mass is 9.88. The van der Waals surface area contributed by atoms with E-state index in [1.54, 1.807) is 0 Å². The first-order chi connectivity index (χ1) is 9.97. The minimum absolute atomic E-state index is 0.00302. The van der Waals surface area contributed by atoms with E-state index in [-0.39, 0.29) is 29.4 Å². The zero-order chi connectivity index (χ0) is 15.0. The Morgan fingerprint density at radius 3 is 2.62 bits per heavy atom. The Morgan fingerprint density at radius 2 is 2.05 bits per heavy atom. The molecule has 2 heterocycles. The molecule has 3 amide bonds. The van der Waals surface area contributed by atoms with Crippen LogP contribution in [0.4, 0.5) is 4.79 Å². The number of hydrogen-bond acceptors (Lipinski definition) is 3. The number of likely N-dealkylation sites (tertiary alicyclic amines) is 1. The zero-order valence-electron chi connectivity index (χ0n) is 12.9. The van der Waals surface area contributed by atoms with Crippen LogP contribution in [-0.2, 0) is 9.53 Å². The molecule has 6 nitrogen and oxygen atoms in total. The van der Waals surface area contributed by atoms with E-state index in [1.165, 1.54) is 6.42 Å². The minimum Gasteiger partial charge on any atom is -0.379 e. The molecular formula is C15H25N3O3. The third kappa shape index (κ3) is 2.86. The van der Waals surface area contributed by atoms with Crippen LogP contribution >= 0.6 is 0 Å². The summed E-state index contributed by atoms with van der Waals surface area (Å²) in [4.78, 5) is 26.3. The summed E-state index contributed by atoms with van der Waals surface area (Å²) in [6.07, 6.45) is 4.15. The van der Waals surface area contributed by atoms with Crippen molar-refractivity contribution < 1.29 is 14.3 Å². The Labute approximate surface area is 125 Å². The van der Waals surface area contributed by atoms with Gasteiger partial charge in [-0.25, -0.2) is 4.79 Å². The van der Waals surface area contributed by atoms with E-state index in [2.05, 4.69) is 24.5 Å². The lowest BCUT2D eigenvalue weighted by molar-refractivity contribution is -0.132. The standard InChI is InChI=1S/C15H25N3O3/c1-15(2)9-21-8-12(15)17-14(20)16-11-6-7-18(13(11)19)10-4-3-5-10/h10-12H,3-9H2,1-2H3,(H2,16,17,20). The van der Waals surface area contributed by atoms with E-state index >= 15 is 0 Å². The smallest absolute Gasteiger partial charge is 0.315 e. The van der Waals surface area contributed by atoms with Gasteiger partial charge in [0.1, 0.15) is 6.04 Å². The van der Waals surface area contributed by atoms with E-state index < -0.39 is 0 Å². The molecule has 2 unspecified atom stereocenters. The number of urea groups is 1. The molecule has 0 spiro atoms. The highest BCUT2D eigenvalue weighted by Gasteiger charge is 2.40. The fourth-order valence-corrected chi connectivity index (χ4v) is 3.26. The van der Waals surface area contributed by atoms with Crippen LogP contribution in [0.2, 0.25) is 0 Å².